The third kappa shape index (κ3) is 4.97. The number of aliphatic hydroxyl groups is 1. The molecule has 0 spiro atoms. The van der Waals surface area contributed by atoms with E-state index in [4.69, 9.17) is 0 Å². The number of aliphatic hydroxyl groups excluding tert-OH is 1. The van der Waals surface area contributed by atoms with Crippen molar-refractivity contribution in [3.8, 4) is 0 Å². The quantitative estimate of drug-likeness (QED) is 0.790. The fourth-order valence-corrected chi connectivity index (χ4v) is 3.07. The fourth-order valence-electron chi connectivity index (χ4n) is 1.57. The van der Waals surface area contributed by atoms with Gasteiger partial charge in [-0.3, -0.25) is 4.21 Å². The smallest absolute Gasteiger partial charge is 0.240 e. The average molecular weight is 319 g/mol. The van der Waals surface area contributed by atoms with Crippen LogP contribution in [0.1, 0.15) is 31.9 Å². The summed E-state index contributed by atoms with van der Waals surface area (Å²) in [6, 6.07) is 6.10. The topological polar surface area (TPSA) is 83.5 Å². The molecule has 0 heterocycles. The van der Waals surface area contributed by atoms with Crippen molar-refractivity contribution in [2.75, 3.05) is 12.8 Å². The zero-order valence-corrected chi connectivity index (χ0v) is 13.5. The summed E-state index contributed by atoms with van der Waals surface area (Å²) in [5.41, 5.74) is 0.666. The molecule has 7 heteroatoms. The van der Waals surface area contributed by atoms with E-state index in [-0.39, 0.29) is 16.7 Å². The Kier molecular flexibility index (Phi) is 6.32. The summed E-state index contributed by atoms with van der Waals surface area (Å²) in [6.45, 7) is 3.69. The first kappa shape index (κ1) is 17.3. The first-order chi connectivity index (χ1) is 9.24. The number of rotatable bonds is 7. The normalized spacial score (nSPS) is 16.6. The second kappa shape index (κ2) is 7.31. The van der Waals surface area contributed by atoms with Crippen LogP contribution in [0.5, 0.6) is 0 Å². The molecule has 0 amide bonds. The summed E-state index contributed by atoms with van der Waals surface area (Å²) in [7, 11) is -4.51. The molecular weight excluding hydrogens is 298 g/mol. The molecule has 1 rings (SSSR count). The summed E-state index contributed by atoms with van der Waals surface area (Å²) >= 11 is 0. The van der Waals surface area contributed by atoms with Gasteiger partial charge in [-0.25, -0.2) is 13.1 Å². The van der Waals surface area contributed by atoms with Gasteiger partial charge in [-0.05, 0) is 31.0 Å². The maximum Gasteiger partial charge on any atom is 0.240 e. The minimum absolute atomic E-state index is 0.0460. The van der Waals surface area contributed by atoms with Crippen LogP contribution in [0.25, 0.3) is 0 Å². The molecule has 0 aliphatic rings. The molecule has 0 aliphatic heterocycles. The van der Waals surface area contributed by atoms with Gasteiger partial charge in [0, 0.05) is 28.9 Å². The van der Waals surface area contributed by atoms with Crippen LogP contribution in [-0.2, 0) is 20.8 Å². The highest BCUT2D eigenvalue weighted by Crippen LogP contribution is 2.15. The molecule has 1 aromatic rings. The number of hydrogen-bond acceptors (Lipinski definition) is 4. The Labute approximate surface area is 122 Å². The van der Waals surface area contributed by atoms with Crippen LogP contribution in [0.2, 0.25) is 0 Å². The van der Waals surface area contributed by atoms with Crippen molar-refractivity contribution in [2.45, 2.75) is 36.5 Å². The maximum absolute atomic E-state index is 12.0. The number of nitrogens with one attached hydrogen (secondary N) is 1. The molecule has 0 radical (unpaired) electrons. The van der Waals surface area contributed by atoms with Crippen LogP contribution in [0.3, 0.4) is 0 Å². The van der Waals surface area contributed by atoms with Crippen molar-refractivity contribution < 1.29 is 17.7 Å². The van der Waals surface area contributed by atoms with Gasteiger partial charge >= 0.3 is 0 Å². The van der Waals surface area contributed by atoms with Crippen LogP contribution >= 0.6 is 0 Å². The van der Waals surface area contributed by atoms with Gasteiger partial charge in [-0.2, -0.15) is 0 Å². The molecule has 0 aliphatic carbocycles. The highest BCUT2D eigenvalue weighted by Gasteiger charge is 2.15. The molecule has 0 fully saturated rings. The Bertz CT molecular complexity index is 552. The van der Waals surface area contributed by atoms with Crippen molar-refractivity contribution in [2.24, 2.45) is 0 Å². The zero-order chi connectivity index (χ0) is 15.3. The van der Waals surface area contributed by atoms with Crippen molar-refractivity contribution in [1.29, 1.82) is 0 Å². The Morgan fingerprint density at radius 3 is 2.25 bits per heavy atom. The highest BCUT2D eigenvalue weighted by molar-refractivity contribution is 7.89. The lowest BCUT2D eigenvalue weighted by atomic mass is 10.1. The molecule has 20 heavy (non-hydrogen) atoms. The molecule has 0 bridgehead atoms. The summed E-state index contributed by atoms with van der Waals surface area (Å²) in [5, 5.41) is 9.33. The third-order valence-corrected chi connectivity index (χ3v) is 5.93. The first-order valence-electron chi connectivity index (χ1n) is 6.34. The molecule has 0 aromatic heterocycles. The van der Waals surface area contributed by atoms with Gasteiger partial charge in [0.25, 0.3) is 0 Å². The van der Waals surface area contributed by atoms with Crippen molar-refractivity contribution in [3.63, 3.8) is 0 Å². The predicted octanol–water partition coefficient (Wildman–Crippen LogP) is 1.18. The Morgan fingerprint density at radius 2 is 1.80 bits per heavy atom. The minimum atomic E-state index is -3.55. The lowest BCUT2D eigenvalue weighted by Crippen LogP contribution is -2.27. The van der Waals surface area contributed by atoms with Crippen molar-refractivity contribution >= 4 is 20.8 Å². The monoisotopic (exact) mass is 319 g/mol. The summed E-state index contributed by atoms with van der Waals surface area (Å²) in [4.78, 5) is 0.159. The second-order valence-corrected chi connectivity index (χ2v) is 8.31. The second-order valence-electron chi connectivity index (χ2n) is 4.74. The lowest BCUT2D eigenvalue weighted by molar-refractivity contribution is 0.199. The Hall–Kier alpha value is -0.760. The van der Waals surface area contributed by atoms with Gasteiger partial charge in [0.05, 0.1) is 11.0 Å². The molecule has 1 aromatic carbocycles. The van der Waals surface area contributed by atoms with E-state index in [1.807, 2.05) is 6.92 Å². The minimum Gasteiger partial charge on any atom is -0.389 e. The van der Waals surface area contributed by atoms with Crippen molar-refractivity contribution in [1.82, 2.24) is 4.72 Å². The first-order valence-corrected chi connectivity index (χ1v) is 9.44. The standard InChI is InChI=1S/C13H21NO4S2/c1-10(19(3)16)8-9-14-20(17,18)13-6-4-12(5-7-13)11(2)15/h4-7,10-11,14-15H,8-9H2,1-3H3. The SMILES string of the molecule is CC(O)c1ccc(S(=O)(=O)NCCC(C)S(C)=O)cc1. The maximum atomic E-state index is 12.0. The van der Waals surface area contributed by atoms with Gasteiger partial charge in [0.2, 0.25) is 10.0 Å². The molecule has 0 saturated carbocycles. The third-order valence-electron chi connectivity index (χ3n) is 3.08. The molecule has 2 N–H and O–H groups in total. The molecule has 0 saturated heterocycles. The zero-order valence-electron chi connectivity index (χ0n) is 11.9. The summed E-state index contributed by atoms with van der Waals surface area (Å²) in [5.74, 6) is 0. The van der Waals surface area contributed by atoms with Gasteiger partial charge < -0.3 is 5.11 Å². The van der Waals surface area contributed by atoms with Gasteiger partial charge in [-0.15, -0.1) is 0 Å². The Morgan fingerprint density at radius 1 is 1.25 bits per heavy atom. The summed E-state index contributed by atoms with van der Waals surface area (Å²) in [6.07, 6.45) is 1.50. The van der Waals surface area contributed by atoms with E-state index in [2.05, 4.69) is 4.72 Å². The number of hydrogen-bond donors (Lipinski definition) is 2. The lowest BCUT2D eigenvalue weighted by Gasteiger charge is -2.11. The highest BCUT2D eigenvalue weighted by atomic mass is 32.2. The van der Waals surface area contributed by atoms with E-state index in [1.165, 1.54) is 12.1 Å². The van der Waals surface area contributed by atoms with Crippen LogP contribution < -0.4 is 4.72 Å². The molecular formula is C13H21NO4S2. The van der Waals surface area contributed by atoms with Crippen LogP contribution in [0, 0.1) is 0 Å². The molecule has 3 atom stereocenters. The van der Waals surface area contributed by atoms with Gasteiger partial charge in [0.1, 0.15) is 0 Å². The van der Waals surface area contributed by atoms with Crippen LogP contribution in [-0.4, -0.2) is 35.8 Å². The fraction of sp³-hybridized carbons (Fsp3) is 0.538. The van der Waals surface area contributed by atoms with Crippen LogP contribution in [0.4, 0.5) is 0 Å². The average Bonchev–Trinajstić information content (AvgIpc) is 2.38. The van der Waals surface area contributed by atoms with E-state index < -0.39 is 26.9 Å². The predicted molar refractivity (Wildman–Crippen MR) is 80.4 cm³/mol. The van der Waals surface area contributed by atoms with Gasteiger partial charge in [0.15, 0.2) is 0 Å². The molecule has 114 valence electrons. The Balaban J connectivity index is 2.67. The van der Waals surface area contributed by atoms with E-state index in [1.54, 1.807) is 25.3 Å². The van der Waals surface area contributed by atoms with Crippen LogP contribution in [0.15, 0.2) is 29.2 Å². The summed E-state index contributed by atoms with van der Waals surface area (Å²) < 4.78 is 37.7. The van der Waals surface area contributed by atoms with E-state index in [0.717, 1.165) is 0 Å². The van der Waals surface area contributed by atoms with E-state index >= 15 is 0 Å². The van der Waals surface area contributed by atoms with Gasteiger partial charge in [-0.1, -0.05) is 19.1 Å². The molecule has 5 nitrogen and oxygen atoms in total. The molecule has 3 unspecified atom stereocenters. The number of benzene rings is 1. The van der Waals surface area contributed by atoms with Crippen molar-refractivity contribution in [3.05, 3.63) is 29.8 Å². The number of sulfonamides is 1. The van der Waals surface area contributed by atoms with E-state index in [0.29, 0.717) is 12.0 Å². The van der Waals surface area contributed by atoms with E-state index in [9.17, 15) is 17.7 Å². The largest absolute Gasteiger partial charge is 0.389 e.